The summed E-state index contributed by atoms with van der Waals surface area (Å²) in [5, 5.41) is 17.6. The first-order valence-electron chi connectivity index (χ1n) is 11.6. The van der Waals surface area contributed by atoms with Crippen LogP contribution in [-0.4, -0.2) is 17.1 Å². The molecule has 37 heavy (non-hydrogen) atoms. The van der Waals surface area contributed by atoms with Crippen LogP contribution in [0.25, 0.3) is 17.2 Å². The lowest BCUT2D eigenvalue weighted by Crippen LogP contribution is -2.22. The van der Waals surface area contributed by atoms with E-state index >= 15 is 0 Å². The van der Waals surface area contributed by atoms with Gasteiger partial charge < -0.3 is 10.6 Å². The zero-order chi connectivity index (χ0) is 26.2. The number of thioether (sulfide) groups is 1. The van der Waals surface area contributed by atoms with Crippen LogP contribution in [0.1, 0.15) is 23.6 Å². The van der Waals surface area contributed by atoms with Crippen molar-refractivity contribution in [3.05, 3.63) is 107 Å². The summed E-state index contributed by atoms with van der Waals surface area (Å²) in [7, 11) is 0. The van der Waals surface area contributed by atoms with E-state index in [1.807, 2.05) is 92.0 Å². The van der Waals surface area contributed by atoms with Crippen LogP contribution in [0.5, 0.6) is 0 Å². The molecular formula is C30H25N3O2S2. The van der Waals surface area contributed by atoms with E-state index in [1.54, 1.807) is 12.1 Å². The third-order valence-electron chi connectivity index (χ3n) is 5.51. The molecule has 0 spiro atoms. The van der Waals surface area contributed by atoms with Gasteiger partial charge in [0.15, 0.2) is 0 Å². The van der Waals surface area contributed by atoms with E-state index in [2.05, 4.69) is 16.7 Å². The normalized spacial score (nSPS) is 11.6. The van der Waals surface area contributed by atoms with Crippen LogP contribution in [-0.2, 0) is 9.59 Å². The van der Waals surface area contributed by atoms with E-state index in [9.17, 15) is 14.9 Å². The van der Waals surface area contributed by atoms with Crippen molar-refractivity contribution in [3.63, 3.8) is 0 Å². The number of nitriles is 1. The molecule has 1 atom stereocenters. The molecule has 0 saturated carbocycles. The molecule has 1 aromatic heterocycles. The highest BCUT2D eigenvalue weighted by Crippen LogP contribution is 2.36. The number of carbonyl (C=O) groups is 2. The maximum Gasteiger partial charge on any atom is 0.248 e. The van der Waals surface area contributed by atoms with E-state index in [-0.39, 0.29) is 11.8 Å². The fourth-order valence-electron chi connectivity index (χ4n) is 3.54. The number of carbonyl (C=O) groups excluding carboxylic acids is 2. The summed E-state index contributed by atoms with van der Waals surface area (Å²) in [5.74, 6) is -0.429. The van der Waals surface area contributed by atoms with Gasteiger partial charge in [0.2, 0.25) is 11.8 Å². The van der Waals surface area contributed by atoms with Gasteiger partial charge in [-0.05, 0) is 49.2 Å². The molecule has 2 N–H and O–H groups in total. The highest BCUT2D eigenvalue weighted by atomic mass is 32.2. The summed E-state index contributed by atoms with van der Waals surface area (Å²) in [6.07, 6.45) is 3.24. The maximum absolute atomic E-state index is 12.9. The summed E-state index contributed by atoms with van der Waals surface area (Å²) in [4.78, 5) is 26.1. The monoisotopic (exact) mass is 523 g/mol. The molecule has 2 amide bonds. The van der Waals surface area contributed by atoms with Gasteiger partial charge in [-0.1, -0.05) is 66.2 Å². The summed E-state index contributed by atoms with van der Waals surface area (Å²) < 4.78 is 0. The van der Waals surface area contributed by atoms with E-state index in [4.69, 9.17) is 0 Å². The molecule has 0 radical (unpaired) electrons. The number of hydrogen-bond acceptors (Lipinski definition) is 5. The summed E-state index contributed by atoms with van der Waals surface area (Å²) in [6.45, 7) is 3.83. The van der Waals surface area contributed by atoms with Crippen molar-refractivity contribution >= 4 is 51.7 Å². The molecule has 4 aromatic rings. The van der Waals surface area contributed by atoms with Crippen molar-refractivity contribution < 1.29 is 9.59 Å². The molecule has 0 aliphatic rings. The molecular weight excluding hydrogens is 498 g/mol. The molecule has 0 saturated heterocycles. The zero-order valence-electron chi connectivity index (χ0n) is 20.4. The quantitative estimate of drug-likeness (QED) is 0.187. The van der Waals surface area contributed by atoms with Crippen LogP contribution < -0.4 is 10.6 Å². The van der Waals surface area contributed by atoms with Gasteiger partial charge in [-0.25, -0.2) is 0 Å². The Morgan fingerprint density at radius 3 is 2.49 bits per heavy atom. The highest BCUT2D eigenvalue weighted by Gasteiger charge is 2.20. The minimum absolute atomic E-state index is 0.195. The number of aryl methyl sites for hydroxylation is 1. The van der Waals surface area contributed by atoms with Crippen molar-refractivity contribution in [2.75, 3.05) is 10.6 Å². The summed E-state index contributed by atoms with van der Waals surface area (Å²) >= 11 is 2.73. The first kappa shape index (κ1) is 26.0. The number of amides is 2. The Morgan fingerprint density at radius 2 is 1.76 bits per heavy atom. The molecule has 1 heterocycles. The molecule has 0 fully saturated rings. The molecule has 0 aliphatic carbocycles. The van der Waals surface area contributed by atoms with Gasteiger partial charge in [-0.3, -0.25) is 9.59 Å². The second-order valence-electron chi connectivity index (χ2n) is 8.34. The van der Waals surface area contributed by atoms with Crippen molar-refractivity contribution in [3.8, 4) is 17.2 Å². The first-order chi connectivity index (χ1) is 17.9. The molecule has 5 nitrogen and oxygen atoms in total. The number of nitrogens with one attached hydrogen (secondary N) is 2. The van der Waals surface area contributed by atoms with Gasteiger partial charge in [0.05, 0.1) is 10.8 Å². The number of thiophene rings is 1. The number of hydrogen-bond donors (Lipinski definition) is 2. The smallest absolute Gasteiger partial charge is 0.248 e. The number of nitrogens with zero attached hydrogens (tertiary/aromatic N) is 1. The van der Waals surface area contributed by atoms with E-state index in [0.29, 0.717) is 16.3 Å². The Bertz CT molecular complexity index is 1470. The van der Waals surface area contributed by atoms with E-state index < -0.39 is 5.25 Å². The topological polar surface area (TPSA) is 82.0 Å². The second kappa shape index (κ2) is 12.2. The lowest BCUT2D eigenvalue weighted by molar-refractivity contribution is -0.115. The summed E-state index contributed by atoms with van der Waals surface area (Å²) in [6, 6.07) is 27.2. The third kappa shape index (κ3) is 6.98. The Hall–Kier alpha value is -4.12. The largest absolute Gasteiger partial charge is 0.322 e. The van der Waals surface area contributed by atoms with Gasteiger partial charge in [0.1, 0.15) is 11.1 Å². The van der Waals surface area contributed by atoms with E-state index in [1.165, 1.54) is 29.2 Å². The minimum Gasteiger partial charge on any atom is -0.322 e. The van der Waals surface area contributed by atoms with Crippen LogP contribution in [0.3, 0.4) is 0 Å². The molecule has 0 bridgehead atoms. The second-order valence-corrected chi connectivity index (χ2v) is 10.6. The third-order valence-corrected chi connectivity index (χ3v) is 7.50. The fourth-order valence-corrected chi connectivity index (χ4v) is 5.39. The lowest BCUT2D eigenvalue weighted by Gasteiger charge is -2.12. The molecule has 0 aliphatic heterocycles. The predicted molar refractivity (Wildman–Crippen MR) is 154 cm³/mol. The Labute approximate surface area is 224 Å². The minimum atomic E-state index is -0.416. The predicted octanol–water partition coefficient (Wildman–Crippen LogP) is 7.37. The van der Waals surface area contributed by atoms with Gasteiger partial charge in [0.25, 0.3) is 0 Å². The molecule has 184 valence electrons. The Balaban J connectivity index is 1.38. The van der Waals surface area contributed by atoms with Gasteiger partial charge in [-0.15, -0.1) is 23.1 Å². The van der Waals surface area contributed by atoms with Crippen molar-refractivity contribution in [1.29, 1.82) is 5.26 Å². The number of benzene rings is 3. The summed E-state index contributed by atoms with van der Waals surface area (Å²) in [5.41, 5.74) is 4.95. The molecule has 1 unspecified atom stereocenters. The zero-order valence-corrected chi connectivity index (χ0v) is 22.0. The average Bonchev–Trinajstić information content (AvgIpc) is 3.31. The van der Waals surface area contributed by atoms with Gasteiger partial charge >= 0.3 is 0 Å². The van der Waals surface area contributed by atoms with E-state index in [0.717, 1.165) is 27.1 Å². The molecule has 4 rings (SSSR count). The number of rotatable bonds is 8. The van der Waals surface area contributed by atoms with Crippen molar-refractivity contribution in [1.82, 2.24) is 0 Å². The average molecular weight is 524 g/mol. The fraction of sp³-hybridized carbons (Fsp3) is 0.100. The van der Waals surface area contributed by atoms with Crippen LogP contribution in [0.15, 0.2) is 95.2 Å². The Kier molecular flexibility index (Phi) is 8.57. The Morgan fingerprint density at radius 1 is 1.00 bits per heavy atom. The van der Waals surface area contributed by atoms with Crippen LogP contribution in [0.4, 0.5) is 10.7 Å². The van der Waals surface area contributed by atoms with Crippen molar-refractivity contribution in [2.24, 2.45) is 0 Å². The van der Waals surface area contributed by atoms with Crippen molar-refractivity contribution in [2.45, 2.75) is 24.0 Å². The van der Waals surface area contributed by atoms with Crippen LogP contribution >= 0.6 is 23.1 Å². The lowest BCUT2D eigenvalue weighted by atomic mass is 10.0. The van der Waals surface area contributed by atoms with Gasteiger partial charge in [0, 0.05) is 27.6 Å². The highest BCUT2D eigenvalue weighted by molar-refractivity contribution is 8.00. The van der Waals surface area contributed by atoms with Gasteiger partial charge in [-0.2, -0.15) is 5.26 Å². The standard InChI is InChI=1S/C30H25N3O2S2/c1-20-11-14-23(15-12-20)27-19-36-30(26(27)18-31)33-29(35)21(2)37-25-10-6-9-24(17-25)32-28(34)16-13-22-7-4-3-5-8-22/h3-17,19,21H,1-2H3,(H,32,34)(H,33,35)/b16-13+. The number of anilines is 2. The molecule has 3 aromatic carbocycles. The maximum atomic E-state index is 12.9. The SMILES string of the molecule is Cc1ccc(-c2csc(NC(=O)C(C)Sc3cccc(NC(=O)/C=C/c4ccccc4)c3)c2C#N)cc1. The van der Waals surface area contributed by atoms with Crippen LogP contribution in [0, 0.1) is 18.3 Å². The van der Waals surface area contributed by atoms with Crippen LogP contribution in [0.2, 0.25) is 0 Å². The first-order valence-corrected chi connectivity index (χ1v) is 13.4. The molecule has 7 heteroatoms.